The molecular formula is C24H27N3O5. The SMILES string of the molecule is CC(OC(=O)c1cccc(NC(=O)OC(C)(C)C)c1)C(=O)N(CCC#N)c1ccccc1. The van der Waals surface area contributed by atoms with Gasteiger partial charge in [-0.05, 0) is 58.0 Å². The van der Waals surface area contributed by atoms with Crippen LogP contribution in [-0.4, -0.2) is 36.2 Å². The summed E-state index contributed by atoms with van der Waals surface area (Å²) < 4.78 is 10.6. The summed E-state index contributed by atoms with van der Waals surface area (Å²) in [5.41, 5.74) is 0.473. The Morgan fingerprint density at radius 3 is 2.41 bits per heavy atom. The summed E-state index contributed by atoms with van der Waals surface area (Å²) >= 11 is 0. The molecule has 2 amide bonds. The third-order valence-electron chi connectivity index (χ3n) is 4.16. The Kier molecular flexibility index (Phi) is 8.36. The van der Waals surface area contributed by atoms with Gasteiger partial charge in [-0.15, -0.1) is 0 Å². The Bertz CT molecular complexity index is 993. The molecule has 1 atom stereocenters. The Labute approximate surface area is 187 Å². The van der Waals surface area contributed by atoms with Crippen molar-refractivity contribution in [2.75, 3.05) is 16.8 Å². The fourth-order valence-electron chi connectivity index (χ4n) is 2.78. The second-order valence-corrected chi connectivity index (χ2v) is 7.99. The minimum absolute atomic E-state index is 0.139. The van der Waals surface area contributed by atoms with Crippen LogP contribution in [0.4, 0.5) is 16.2 Å². The number of hydrogen-bond donors (Lipinski definition) is 1. The van der Waals surface area contributed by atoms with Crippen LogP contribution in [0.25, 0.3) is 0 Å². The number of benzene rings is 2. The highest BCUT2D eigenvalue weighted by molar-refractivity contribution is 5.99. The van der Waals surface area contributed by atoms with E-state index in [0.717, 1.165) is 0 Å². The third-order valence-corrected chi connectivity index (χ3v) is 4.16. The summed E-state index contributed by atoms with van der Waals surface area (Å²) in [7, 11) is 0. The second kappa shape index (κ2) is 11.0. The minimum Gasteiger partial charge on any atom is -0.449 e. The first kappa shape index (κ1) is 24.4. The molecule has 8 heteroatoms. The topological polar surface area (TPSA) is 109 Å². The first-order valence-electron chi connectivity index (χ1n) is 10.1. The molecule has 2 aromatic carbocycles. The zero-order valence-electron chi connectivity index (χ0n) is 18.6. The molecule has 0 bridgehead atoms. The summed E-state index contributed by atoms with van der Waals surface area (Å²) in [5, 5.41) is 11.5. The number of nitrogens with zero attached hydrogens (tertiary/aromatic N) is 2. The van der Waals surface area contributed by atoms with Crippen LogP contribution in [-0.2, 0) is 14.3 Å². The van der Waals surface area contributed by atoms with Crippen LogP contribution in [0.3, 0.4) is 0 Å². The van der Waals surface area contributed by atoms with E-state index in [4.69, 9.17) is 14.7 Å². The summed E-state index contributed by atoms with van der Waals surface area (Å²) in [6, 6.07) is 17.0. The van der Waals surface area contributed by atoms with E-state index < -0.39 is 29.7 Å². The van der Waals surface area contributed by atoms with Crippen molar-refractivity contribution in [3.05, 3.63) is 60.2 Å². The molecule has 0 spiro atoms. The molecule has 32 heavy (non-hydrogen) atoms. The van der Waals surface area contributed by atoms with Crippen molar-refractivity contribution >= 4 is 29.3 Å². The molecule has 0 aromatic heterocycles. The van der Waals surface area contributed by atoms with Gasteiger partial charge in [-0.25, -0.2) is 9.59 Å². The van der Waals surface area contributed by atoms with Crippen molar-refractivity contribution in [3.8, 4) is 6.07 Å². The fourth-order valence-corrected chi connectivity index (χ4v) is 2.78. The van der Waals surface area contributed by atoms with E-state index >= 15 is 0 Å². The quantitative estimate of drug-likeness (QED) is 0.638. The predicted octanol–water partition coefficient (Wildman–Crippen LogP) is 4.53. The number of esters is 1. The van der Waals surface area contributed by atoms with Crippen LogP contribution in [0.5, 0.6) is 0 Å². The van der Waals surface area contributed by atoms with Crippen molar-refractivity contribution in [2.45, 2.75) is 45.8 Å². The molecule has 0 radical (unpaired) electrons. The number of hydrogen-bond acceptors (Lipinski definition) is 6. The van der Waals surface area contributed by atoms with Crippen LogP contribution in [0, 0.1) is 11.3 Å². The van der Waals surface area contributed by atoms with Crippen LogP contribution in [0.15, 0.2) is 54.6 Å². The van der Waals surface area contributed by atoms with Crippen LogP contribution in [0.1, 0.15) is 44.5 Å². The second-order valence-electron chi connectivity index (χ2n) is 7.99. The van der Waals surface area contributed by atoms with E-state index in [1.54, 1.807) is 57.2 Å². The van der Waals surface area contributed by atoms with Crippen molar-refractivity contribution in [3.63, 3.8) is 0 Å². The zero-order chi connectivity index (χ0) is 23.7. The number of para-hydroxylation sites is 1. The number of carbonyl (C=O) groups is 3. The van der Waals surface area contributed by atoms with E-state index in [1.165, 1.54) is 24.0 Å². The monoisotopic (exact) mass is 437 g/mol. The fraction of sp³-hybridized carbons (Fsp3) is 0.333. The van der Waals surface area contributed by atoms with Crippen LogP contribution < -0.4 is 10.2 Å². The zero-order valence-corrected chi connectivity index (χ0v) is 18.6. The molecule has 168 valence electrons. The molecule has 0 heterocycles. The number of nitrogens with one attached hydrogen (secondary N) is 1. The van der Waals surface area contributed by atoms with Gasteiger partial charge >= 0.3 is 12.1 Å². The Morgan fingerprint density at radius 2 is 1.78 bits per heavy atom. The van der Waals surface area contributed by atoms with Gasteiger partial charge in [0.2, 0.25) is 0 Å². The van der Waals surface area contributed by atoms with Gasteiger partial charge in [0.25, 0.3) is 5.91 Å². The van der Waals surface area contributed by atoms with E-state index in [2.05, 4.69) is 5.32 Å². The molecule has 0 aliphatic rings. The number of carbonyl (C=O) groups excluding carboxylic acids is 3. The van der Waals surface area contributed by atoms with Crippen molar-refractivity contribution in [1.82, 2.24) is 0 Å². The lowest BCUT2D eigenvalue weighted by molar-refractivity contribution is -0.126. The molecule has 0 saturated heterocycles. The van der Waals surface area contributed by atoms with Gasteiger partial charge in [-0.2, -0.15) is 5.26 Å². The molecule has 0 aliphatic heterocycles. The van der Waals surface area contributed by atoms with Gasteiger partial charge in [0.05, 0.1) is 18.1 Å². The standard InChI is InChI=1S/C24H27N3O5/c1-17(21(28)27(15-9-14-25)20-12-6-5-7-13-20)31-22(29)18-10-8-11-19(16-18)26-23(30)32-24(2,3)4/h5-8,10-13,16-17H,9,15H2,1-4H3,(H,26,30). The third kappa shape index (κ3) is 7.43. The van der Waals surface area contributed by atoms with Crippen molar-refractivity contribution in [2.24, 2.45) is 0 Å². The molecular weight excluding hydrogens is 410 g/mol. The normalized spacial score (nSPS) is 11.6. The molecule has 1 unspecified atom stereocenters. The van der Waals surface area contributed by atoms with Crippen molar-refractivity contribution < 1.29 is 23.9 Å². The summed E-state index contributed by atoms with van der Waals surface area (Å²) in [6.45, 7) is 6.89. The average molecular weight is 437 g/mol. The molecule has 0 aliphatic carbocycles. The molecule has 8 nitrogen and oxygen atoms in total. The van der Waals surface area contributed by atoms with E-state index in [1.807, 2.05) is 12.1 Å². The molecule has 0 saturated carbocycles. The number of amides is 2. The lowest BCUT2D eigenvalue weighted by Gasteiger charge is -2.25. The highest BCUT2D eigenvalue weighted by Gasteiger charge is 2.25. The molecule has 2 aromatic rings. The lowest BCUT2D eigenvalue weighted by Crippen LogP contribution is -2.40. The minimum atomic E-state index is -1.08. The van der Waals surface area contributed by atoms with Crippen molar-refractivity contribution in [1.29, 1.82) is 5.26 Å². The number of nitriles is 1. The van der Waals surface area contributed by atoms with Gasteiger partial charge in [0.15, 0.2) is 6.10 Å². The highest BCUT2D eigenvalue weighted by atomic mass is 16.6. The summed E-state index contributed by atoms with van der Waals surface area (Å²) in [5.74, 6) is -1.16. The highest BCUT2D eigenvalue weighted by Crippen LogP contribution is 2.18. The Balaban J connectivity index is 2.08. The summed E-state index contributed by atoms with van der Waals surface area (Å²) in [4.78, 5) is 38.9. The maximum absolute atomic E-state index is 12.9. The van der Waals surface area contributed by atoms with Crippen LogP contribution in [0.2, 0.25) is 0 Å². The van der Waals surface area contributed by atoms with Gasteiger partial charge in [-0.1, -0.05) is 24.3 Å². The van der Waals surface area contributed by atoms with Gasteiger partial charge < -0.3 is 14.4 Å². The maximum Gasteiger partial charge on any atom is 0.412 e. The van der Waals surface area contributed by atoms with Gasteiger partial charge in [0, 0.05) is 17.9 Å². The predicted molar refractivity (Wildman–Crippen MR) is 120 cm³/mol. The molecule has 2 rings (SSSR count). The summed E-state index contributed by atoms with van der Waals surface area (Å²) in [6.07, 6.45) is -1.59. The van der Waals surface area contributed by atoms with Crippen LogP contribution >= 0.6 is 0 Å². The lowest BCUT2D eigenvalue weighted by atomic mass is 10.2. The Morgan fingerprint density at radius 1 is 1.09 bits per heavy atom. The Hall–Kier alpha value is -3.86. The number of anilines is 2. The van der Waals surface area contributed by atoms with E-state index in [0.29, 0.717) is 11.4 Å². The molecule has 1 N–H and O–H groups in total. The number of ether oxygens (including phenoxy) is 2. The first-order chi connectivity index (χ1) is 15.1. The number of rotatable bonds is 7. The smallest absolute Gasteiger partial charge is 0.412 e. The van der Waals surface area contributed by atoms with E-state index in [9.17, 15) is 14.4 Å². The van der Waals surface area contributed by atoms with E-state index in [-0.39, 0.29) is 18.5 Å². The first-order valence-corrected chi connectivity index (χ1v) is 10.1. The average Bonchev–Trinajstić information content (AvgIpc) is 2.73. The molecule has 0 fully saturated rings. The van der Waals surface area contributed by atoms with Gasteiger partial charge in [-0.3, -0.25) is 10.1 Å². The van der Waals surface area contributed by atoms with Gasteiger partial charge in [0.1, 0.15) is 5.60 Å². The maximum atomic E-state index is 12.9. The largest absolute Gasteiger partial charge is 0.449 e.